The van der Waals surface area contributed by atoms with Gasteiger partial charge in [0.15, 0.2) is 0 Å². The molecular formula is C20H15NO. The molecule has 0 N–H and O–H groups in total. The van der Waals surface area contributed by atoms with Crippen LogP contribution < -0.4 is 0 Å². The third-order valence-electron chi connectivity index (χ3n) is 4.97. The number of benzene rings is 3. The molecule has 2 aliphatic rings. The Morgan fingerprint density at radius 1 is 0.818 bits per heavy atom. The third-order valence-corrected chi connectivity index (χ3v) is 4.97. The van der Waals surface area contributed by atoms with Gasteiger partial charge in [-0.3, -0.25) is 4.79 Å². The number of β-lactam (4-membered cyclic amide) rings is 1. The van der Waals surface area contributed by atoms with Crippen molar-refractivity contribution < 1.29 is 4.79 Å². The van der Waals surface area contributed by atoms with Crippen LogP contribution in [0, 0.1) is 0 Å². The second-order valence-corrected chi connectivity index (χ2v) is 6.20. The van der Waals surface area contributed by atoms with Gasteiger partial charge < -0.3 is 4.90 Å². The number of carbonyl (C=O) groups excluding carboxylic acids is 1. The molecule has 1 amide bonds. The van der Waals surface area contributed by atoms with Gasteiger partial charge in [-0.05, 0) is 39.1 Å². The van der Waals surface area contributed by atoms with Crippen LogP contribution in [-0.4, -0.2) is 16.8 Å². The van der Waals surface area contributed by atoms with Gasteiger partial charge in [0.25, 0.3) is 0 Å². The fourth-order valence-corrected chi connectivity index (χ4v) is 3.82. The summed E-state index contributed by atoms with van der Waals surface area (Å²) in [6, 6.07) is 19.8. The maximum Gasteiger partial charge on any atom is 0.228 e. The van der Waals surface area contributed by atoms with Gasteiger partial charge in [-0.2, -0.15) is 0 Å². The lowest BCUT2D eigenvalue weighted by Gasteiger charge is -2.32. The van der Waals surface area contributed by atoms with Gasteiger partial charge in [-0.25, -0.2) is 0 Å². The maximum atomic E-state index is 11.6. The number of carbonyl (C=O) groups is 1. The van der Waals surface area contributed by atoms with Gasteiger partial charge in [0, 0.05) is 18.7 Å². The van der Waals surface area contributed by atoms with Crippen molar-refractivity contribution in [3.05, 3.63) is 66.4 Å². The number of fused-ring (bicyclic) bond motifs is 4. The van der Waals surface area contributed by atoms with Gasteiger partial charge in [0.1, 0.15) is 0 Å². The Morgan fingerprint density at radius 3 is 2.55 bits per heavy atom. The van der Waals surface area contributed by atoms with Crippen LogP contribution in [0.5, 0.6) is 0 Å². The second-order valence-electron chi connectivity index (χ2n) is 6.20. The molecule has 2 heteroatoms. The molecular weight excluding hydrogens is 270 g/mol. The first-order chi connectivity index (χ1) is 10.8. The first-order valence-corrected chi connectivity index (χ1v) is 7.74. The van der Waals surface area contributed by atoms with E-state index in [4.69, 9.17) is 0 Å². The SMILES string of the molecule is O=C1CC2CC(c3cccc4c3ccc3ccccc34)=CN12. The van der Waals surface area contributed by atoms with Gasteiger partial charge in [-0.1, -0.05) is 54.6 Å². The van der Waals surface area contributed by atoms with Crippen LogP contribution in [-0.2, 0) is 4.79 Å². The first-order valence-electron chi connectivity index (χ1n) is 7.74. The molecule has 1 unspecified atom stereocenters. The normalized spacial score (nSPS) is 20.2. The predicted octanol–water partition coefficient (Wildman–Crippen LogP) is 4.34. The molecule has 0 aromatic heterocycles. The molecule has 0 spiro atoms. The van der Waals surface area contributed by atoms with E-state index in [1.165, 1.54) is 32.7 Å². The van der Waals surface area contributed by atoms with E-state index in [0.29, 0.717) is 12.5 Å². The van der Waals surface area contributed by atoms with E-state index in [9.17, 15) is 4.79 Å². The smallest absolute Gasteiger partial charge is 0.228 e. The molecule has 3 aromatic carbocycles. The van der Waals surface area contributed by atoms with Crippen molar-refractivity contribution in [3.8, 4) is 0 Å². The molecule has 0 saturated carbocycles. The maximum absolute atomic E-state index is 11.6. The highest BCUT2D eigenvalue weighted by Crippen LogP contribution is 2.40. The second kappa shape index (κ2) is 4.20. The van der Waals surface area contributed by atoms with E-state index < -0.39 is 0 Å². The van der Waals surface area contributed by atoms with Crippen LogP contribution in [0.25, 0.3) is 27.1 Å². The zero-order chi connectivity index (χ0) is 14.7. The van der Waals surface area contributed by atoms with Crippen LogP contribution in [0.2, 0.25) is 0 Å². The molecule has 2 nitrogen and oxygen atoms in total. The fraction of sp³-hybridized carbons (Fsp3) is 0.150. The van der Waals surface area contributed by atoms with Gasteiger partial charge >= 0.3 is 0 Å². The molecule has 5 rings (SSSR count). The van der Waals surface area contributed by atoms with Crippen LogP contribution in [0.1, 0.15) is 18.4 Å². The van der Waals surface area contributed by atoms with Crippen molar-refractivity contribution in [3.63, 3.8) is 0 Å². The minimum absolute atomic E-state index is 0.255. The summed E-state index contributed by atoms with van der Waals surface area (Å²) >= 11 is 0. The summed E-state index contributed by atoms with van der Waals surface area (Å²) in [5.74, 6) is 0.255. The summed E-state index contributed by atoms with van der Waals surface area (Å²) < 4.78 is 0. The van der Waals surface area contributed by atoms with E-state index in [2.05, 4.69) is 60.8 Å². The fourth-order valence-electron chi connectivity index (χ4n) is 3.82. The summed E-state index contributed by atoms with van der Waals surface area (Å²) in [5, 5.41) is 5.13. The summed E-state index contributed by atoms with van der Waals surface area (Å²) in [6.45, 7) is 0. The zero-order valence-corrected chi connectivity index (χ0v) is 12.1. The molecule has 0 radical (unpaired) electrons. The molecule has 1 saturated heterocycles. The van der Waals surface area contributed by atoms with Crippen molar-refractivity contribution in [2.45, 2.75) is 18.9 Å². The van der Waals surface area contributed by atoms with Crippen molar-refractivity contribution in [2.75, 3.05) is 0 Å². The average Bonchev–Trinajstić information content (AvgIpc) is 2.91. The summed E-state index contributed by atoms with van der Waals surface area (Å²) in [6.07, 6.45) is 3.74. The minimum Gasteiger partial charge on any atom is -0.315 e. The molecule has 1 atom stereocenters. The van der Waals surface area contributed by atoms with Crippen molar-refractivity contribution >= 4 is 33.0 Å². The largest absolute Gasteiger partial charge is 0.315 e. The Balaban J connectivity index is 1.75. The van der Waals surface area contributed by atoms with Gasteiger partial charge in [0.2, 0.25) is 5.91 Å². The molecule has 2 heterocycles. The number of amides is 1. The lowest BCUT2D eigenvalue weighted by Crippen LogP contribution is -2.45. The van der Waals surface area contributed by atoms with E-state index in [1.54, 1.807) is 0 Å². The molecule has 0 aliphatic carbocycles. The van der Waals surface area contributed by atoms with Gasteiger partial charge in [-0.15, -0.1) is 0 Å². The highest BCUT2D eigenvalue weighted by atomic mass is 16.2. The Labute approximate surface area is 128 Å². The number of nitrogens with zero attached hydrogens (tertiary/aromatic N) is 1. The minimum atomic E-state index is 0.255. The quantitative estimate of drug-likeness (QED) is 0.481. The third kappa shape index (κ3) is 1.52. The average molecular weight is 285 g/mol. The lowest BCUT2D eigenvalue weighted by atomic mass is 9.92. The molecule has 106 valence electrons. The van der Waals surface area contributed by atoms with E-state index in [-0.39, 0.29) is 5.91 Å². The molecule has 2 aliphatic heterocycles. The van der Waals surface area contributed by atoms with Crippen molar-refractivity contribution in [1.82, 2.24) is 4.90 Å². The molecule has 22 heavy (non-hydrogen) atoms. The van der Waals surface area contributed by atoms with Crippen LogP contribution in [0.3, 0.4) is 0 Å². The Bertz CT molecular complexity index is 970. The number of rotatable bonds is 1. The summed E-state index contributed by atoms with van der Waals surface area (Å²) in [5.41, 5.74) is 2.56. The van der Waals surface area contributed by atoms with Crippen LogP contribution in [0.15, 0.2) is 60.8 Å². The van der Waals surface area contributed by atoms with Crippen LogP contribution in [0.4, 0.5) is 0 Å². The summed E-state index contributed by atoms with van der Waals surface area (Å²) in [7, 11) is 0. The molecule has 3 aromatic rings. The van der Waals surface area contributed by atoms with Crippen molar-refractivity contribution in [1.29, 1.82) is 0 Å². The highest BCUT2D eigenvalue weighted by Gasteiger charge is 2.39. The Kier molecular flexibility index (Phi) is 2.29. The van der Waals surface area contributed by atoms with E-state index in [1.807, 2.05) is 4.90 Å². The number of hydrogen-bond donors (Lipinski definition) is 0. The summed E-state index contributed by atoms with van der Waals surface area (Å²) in [4.78, 5) is 13.5. The topological polar surface area (TPSA) is 20.3 Å². The standard InChI is InChI=1S/C20H15NO/c22-20-11-15-10-14(12-21(15)20)17-6-3-7-18-16-5-2-1-4-13(16)8-9-19(17)18/h1-9,12,15H,10-11H2. The number of hydrogen-bond acceptors (Lipinski definition) is 1. The van der Waals surface area contributed by atoms with Gasteiger partial charge in [0.05, 0.1) is 0 Å². The lowest BCUT2D eigenvalue weighted by molar-refractivity contribution is -0.140. The monoisotopic (exact) mass is 285 g/mol. The van der Waals surface area contributed by atoms with Crippen LogP contribution >= 0.6 is 0 Å². The van der Waals surface area contributed by atoms with Crippen molar-refractivity contribution in [2.24, 2.45) is 0 Å². The highest BCUT2D eigenvalue weighted by molar-refractivity contribution is 6.10. The zero-order valence-electron chi connectivity index (χ0n) is 12.1. The first kappa shape index (κ1) is 12.0. The Morgan fingerprint density at radius 2 is 1.68 bits per heavy atom. The molecule has 1 fully saturated rings. The Hall–Kier alpha value is -2.61. The van der Waals surface area contributed by atoms with E-state index in [0.717, 1.165) is 6.42 Å². The predicted molar refractivity (Wildman–Crippen MR) is 89.3 cm³/mol. The van der Waals surface area contributed by atoms with E-state index >= 15 is 0 Å². The molecule has 0 bridgehead atoms.